The zero-order valence-electron chi connectivity index (χ0n) is 11.3. The molecular formula is C13H14Br2N2O3S. The molecule has 0 aromatic heterocycles. The fourth-order valence-corrected chi connectivity index (χ4v) is 3.76. The van der Waals surface area contributed by atoms with Gasteiger partial charge in [-0.3, -0.25) is 4.90 Å². The minimum Gasteiger partial charge on any atom is -0.477 e. The van der Waals surface area contributed by atoms with E-state index in [2.05, 4.69) is 36.9 Å². The number of carboxylic acid groups (broad SMARTS) is 1. The Balaban J connectivity index is 2.17. The van der Waals surface area contributed by atoms with Crippen LogP contribution in [0.25, 0.3) is 0 Å². The van der Waals surface area contributed by atoms with E-state index in [-0.39, 0.29) is 12.6 Å². The highest BCUT2D eigenvalue weighted by molar-refractivity contribution is 9.11. The summed E-state index contributed by atoms with van der Waals surface area (Å²) in [6.07, 6.45) is 0.968. The number of amides is 1. The van der Waals surface area contributed by atoms with Crippen LogP contribution in [0.3, 0.4) is 0 Å². The molecule has 0 spiro atoms. The zero-order chi connectivity index (χ0) is 15.4. The summed E-state index contributed by atoms with van der Waals surface area (Å²) in [6, 6.07) is 5.45. The van der Waals surface area contributed by atoms with Crippen LogP contribution in [0.2, 0.25) is 0 Å². The topological polar surface area (TPSA) is 62.1 Å². The minimum absolute atomic E-state index is 0.111. The number of anilines is 1. The SMILES string of the molecule is CSCC1COC(CN(C(=O)O)c2cc(Br)cc(Br)c2)=N1. The van der Waals surface area contributed by atoms with Crippen molar-refractivity contribution in [3.8, 4) is 0 Å². The lowest BCUT2D eigenvalue weighted by atomic mass is 10.3. The molecule has 21 heavy (non-hydrogen) atoms. The highest BCUT2D eigenvalue weighted by Gasteiger charge is 2.24. The molecule has 1 aromatic rings. The summed E-state index contributed by atoms with van der Waals surface area (Å²) in [5, 5.41) is 9.42. The molecule has 1 amide bonds. The molecule has 5 nitrogen and oxygen atoms in total. The third-order valence-electron chi connectivity index (χ3n) is 2.81. The maximum Gasteiger partial charge on any atom is 0.412 e. The lowest BCUT2D eigenvalue weighted by molar-refractivity contribution is 0.202. The van der Waals surface area contributed by atoms with E-state index in [0.29, 0.717) is 18.2 Å². The Bertz CT molecular complexity index is 548. The van der Waals surface area contributed by atoms with Crippen molar-refractivity contribution in [2.24, 2.45) is 4.99 Å². The van der Waals surface area contributed by atoms with E-state index in [4.69, 9.17) is 4.74 Å². The number of halogens is 2. The summed E-state index contributed by atoms with van der Waals surface area (Å²) in [5.74, 6) is 1.34. The van der Waals surface area contributed by atoms with Crippen molar-refractivity contribution in [2.45, 2.75) is 6.04 Å². The molecule has 114 valence electrons. The van der Waals surface area contributed by atoms with Gasteiger partial charge in [0.2, 0.25) is 5.90 Å². The second kappa shape index (κ2) is 7.51. The predicted octanol–water partition coefficient (Wildman–Crippen LogP) is 3.86. The predicted molar refractivity (Wildman–Crippen MR) is 92.8 cm³/mol. The standard InChI is InChI=1S/C13H14Br2N2O3S/c1-21-7-10-6-20-12(16-10)5-17(13(18)19)11-3-8(14)2-9(15)4-11/h2-4,10H,5-7H2,1H3,(H,18,19). The van der Waals surface area contributed by atoms with Crippen molar-refractivity contribution in [1.82, 2.24) is 0 Å². The van der Waals surface area contributed by atoms with Gasteiger partial charge in [-0.1, -0.05) is 31.9 Å². The number of ether oxygens (including phenoxy) is 1. The summed E-state index contributed by atoms with van der Waals surface area (Å²) < 4.78 is 7.09. The Labute approximate surface area is 144 Å². The molecule has 8 heteroatoms. The summed E-state index contributed by atoms with van der Waals surface area (Å²) in [4.78, 5) is 17.1. The van der Waals surface area contributed by atoms with Gasteiger partial charge in [-0.05, 0) is 24.5 Å². The molecule has 0 fully saturated rings. The van der Waals surface area contributed by atoms with E-state index >= 15 is 0 Å². The Hall–Kier alpha value is -0.730. The first kappa shape index (κ1) is 16.6. The van der Waals surface area contributed by atoms with Gasteiger partial charge in [0.25, 0.3) is 0 Å². The van der Waals surface area contributed by atoms with Crippen LogP contribution in [0.5, 0.6) is 0 Å². The normalized spacial score (nSPS) is 17.3. The summed E-state index contributed by atoms with van der Waals surface area (Å²) in [7, 11) is 0. The average molecular weight is 438 g/mol. The second-order valence-corrected chi connectivity index (χ2v) is 7.18. The molecule has 1 heterocycles. The first-order chi connectivity index (χ1) is 9.99. The zero-order valence-corrected chi connectivity index (χ0v) is 15.2. The highest BCUT2D eigenvalue weighted by Crippen LogP contribution is 2.26. The lowest BCUT2D eigenvalue weighted by Gasteiger charge is -2.19. The molecule has 1 N–H and O–H groups in total. The van der Waals surface area contributed by atoms with Crippen molar-refractivity contribution >= 4 is 61.3 Å². The fourth-order valence-electron chi connectivity index (χ4n) is 1.93. The largest absolute Gasteiger partial charge is 0.477 e. The number of aliphatic imine (C=N–C) groups is 1. The van der Waals surface area contributed by atoms with Gasteiger partial charge >= 0.3 is 6.09 Å². The van der Waals surface area contributed by atoms with Crippen LogP contribution >= 0.6 is 43.6 Å². The third kappa shape index (κ3) is 4.62. The van der Waals surface area contributed by atoms with E-state index in [1.807, 2.05) is 12.3 Å². The molecule has 1 aliphatic heterocycles. The van der Waals surface area contributed by atoms with Crippen molar-refractivity contribution in [1.29, 1.82) is 0 Å². The Morgan fingerprint density at radius 2 is 2.14 bits per heavy atom. The Kier molecular flexibility index (Phi) is 5.95. The summed E-state index contributed by atoms with van der Waals surface area (Å²) >= 11 is 8.42. The summed E-state index contributed by atoms with van der Waals surface area (Å²) in [5.41, 5.74) is 0.559. The van der Waals surface area contributed by atoms with Gasteiger partial charge in [0.15, 0.2) is 0 Å². The van der Waals surface area contributed by atoms with Crippen LogP contribution in [-0.4, -0.2) is 48.3 Å². The van der Waals surface area contributed by atoms with Crippen LogP contribution in [0, 0.1) is 0 Å². The number of nitrogens with zero attached hydrogens (tertiary/aromatic N) is 2. The molecule has 0 saturated heterocycles. The second-order valence-electron chi connectivity index (χ2n) is 4.44. The Morgan fingerprint density at radius 3 is 2.71 bits per heavy atom. The van der Waals surface area contributed by atoms with Gasteiger partial charge < -0.3 is 9.84 Å². The number of benzene rings is 1. The minimum atomic E-state index is -1.04. The number of hydrogen-bond donors (Lipinski definition) is 1. The van der Waals surface area contributed by atoms with Crippen LogP contribution in [-0.2, 0) is 4.74 Å². The molecule has 1 aliphatic rings. The summed E-state index contributed by atoms with van der Waals surface area (Å²) in [6.45, 7) is 0.634. The molecule has 0 radical (unpaired) electrons. The van der Waals surface area contributed by atoms with Crippen LogP contribution in [0.1, 0.15) is 0 Å². The van der Waals surface area contributed by atoms with E-state index in [1.54, 1.807) is 23.9 Å². The highest BCUT2D eigenvalue weighted by atomic mass is 79.9. The number of carbonyl (C=O) groups is 1. The van der Waals surface area contributed by atoms with Crippen molar-refractivity contribution in [3.63, 3.8) is 0 Å². The van der Waals surface area contributed by atoms with Crippen molar-refractivity contribution in [3.05, 3.63) is 27.1 Å². The molecule has 2 rings (SSSR count). The molecule has 0 aliphatic carbocycles. The number of thioether (sulfide) groups is 1. The molecule has 1 atom stereocenters. The van der Waals surface area contributed by atoms with Gasteiger partial charge in [0, 0.05) is 20.4 Å². The molecule has 0 bridgehead atoms. The maximum absolute atomic E-state index is 11.5. The van der Waals surface area contributed by atoms with E-state index < -0.39 is 6.09 Å². The smallest absolute Gasteiger partial charge is 0.412 e. The Morgan fingerprint density at radius 1 is 1.48 bits per heavy atom. The van der Waals surface area contributed by atoms with E-state index in [0.717, 1.165) is 14.7 Å². The monoisotopic (exact) mass is 436 g/mol. The number of rotatable bonds is 5. The van der Waals surface area contributed by atoms with Crippen LogP contribution < -0.4 is 4.90 Å². The van der Waals surface area contributed by atoms with Gasteiger partial charge in [0.1, 0.15) is 13.2 Å². The molecule has 0 saturated carbocycles. The van der Waals surface area contributed by atoms with Gasteiger partial charge in [-0.25, -0.2) is 9.79 Å². The molecule has 1 unspecified atom stereocenters. The fraction of sp³-hybridized carbons (Fsp3) is 0.385. The lowest BCUT2D eigenvalue weighted by Crippen LogP contribution is -2.34. The quantitative estimate of drug-likeness (QED) is 0.759. The van der Waals surface area contributed by atoms with Gasteiger partial charge in [-0.2, -0.15) is 11.8 Å². The van der Waals surface area contributed by atoms with Crippen molar-refractivity contribution in [2.75, 3.05) is 30.1 Å². The van der Waals surface area contributed by atoms with Crippen LogP contribution in [0.4, 0.5) is 10.5 Å². The van der Waals surface area contributed by atoms with E-state index in [1.165, 1.54) is 4.90 Å². The maximum atomic E-state index is 11.5. The molecular weight excluding hydrogens is 424 g/mol. The first-order valence-electron chi connectivity index (χ1n) is 6.14. The van der Waals surface area contributed by atoms with Crippen molar-refractivity contribution < 1.29 is 14.6 Å². The van der Waals surface area contributed by atoms with E-state index in [9.17, 15) is 9.90 Å². The third-order valence-corrected chi connectivity index (χ3v) is 4.45. The average Bonchev–Trinajstić information content (AvgIpc) is 2.82. The molecule has 1 aromatic carbocycles. The number of hydrogen-bond acceptors (Lipinski definition) is 4. The van der Waals surface area contributed by atoms with Gasteiger partial charge in [-0.15, -0.1) is 0 Å². The van der Waals surface area contributed by atoms with Crippen LogP contribution in [0.15, 0.2) is 32.1 Å². The first-order valence-corrected chi connectivity index (χ1v) is 9.12. The van der Waals surface area contributed by atoms with Gasteiger partial charge in [0.05, 0.1) is 6.04 Å².